The van der Waals surface area contributed by atoms with Crippen molar-refractivity contribution in [3.63, 3.8) is 0 Å². The first-order valence-corrected chi connectivity index (χ1v) is 7.29. The maximum Gasteiger partial charge on any atom is 0.193 e. The lowest BCUT2D eigenvalue weighted by molar-refractivity contribution is 0.178. The Hall–Kier alpha value is -1.08. The van der Waals surface area contributed by atoms with Crippen LogP contribution in [-0.4, -0.2) is 43.8 Å². The third-order valence-corrected chi connectivity index (χ3v) is 4.22. The number of hydrogen-bond donors (Lipinski definition) is 1. The van der Waals surface area contributed by atoms with Crippen molar-refractivity contribution >= 4 is 23.4 Å². The molecule has 0 spiro atoms. The Balaban J connectivity index is 1.95. The Morgan fingerprint density at radius 2 is 2.26 bits per heavy atom. The summed E-state index contributed by atoms with van der Waals surface area (Å²) < 4.78 is 2.05. The molecule has 0 atom stereocenters. The average molecular weight is 297 g/mol. The van der Waals surface area contributed by atoms with Gasteiger partial charge < -0.3 is 5.11 Å². The second kappa shape index (κ2) is 5.50. The van der Waals surface area contributed by atoms with E-state index in [0.29, 0.717) is 18.2 Å². The molecule has 5 nitrogen and oxygen atoms in total. The van der Waals surface area contributed by atoms with E-state index in [4.69, 9.17) is 16.7 Å². The fourth-order valence-electron chi connectivity index (χ4n) is 2.03. The molecule has 1 N–H and O–H groups in total. The summed E-state index contributed by atoms with van der Waals surface area (Å²) in [5, 5.41) is 19.1. The van der Waals surface area contributed by atoms with Crippen molar-refractivity contribution in [3.8, 4) is 11.4 Å². The number of fused-ring (bicyclic) bond motifs is 1. The number of aromatic nitrogens is 3. The summed E-state index contributed by atoms with van der Waals surface area (Å²) in [4.78, 5) is 2.15. The van der Waals surface area contributed by atoms with Crippen LogP contribution in [0.4, 0.5) is 0 Å². The third kappa shape index (κ3) is 2.62. The molecule has 2 heterocycles. The van der Waals surface area contributed by atoms with E-state index in [9.17, 15) is 0 Å². The minimum absolute atomic E-state index is 0.157. The molecule has 1 aromatic heterocycles. The summed E-state index contributed by atoms with van der Waals surface area (Å²) in [6, 6.07) is 7.60. The Morgan fingerprint density at radius 1 is 1.37 bits per heavy atom. The van der Waals surface area contributed by atoms with Gasteiger partial charge in [0.05, 0.1) is 19.2 Å². The molecule has 19 heavy (non-hydrogen) atoms. The molecular weight excluding hydrogens is 284 g/mol. The summed E-state index contributed by atoms with van der Waals surface area (Å²) >= 11 is 7.64. The molecule has 7 heteroatoms. The standard InChI is InChI=1S/C12H13ClN4OS/c13-10-3-1-2-9(6-10)11-14-15-12-17(11)7-16(4-5-18)8-19-12/h1-3,6,18H,4-5,7-8H2. The predicted octanol–water partition coefficient (Wildman–Crippen LogP) is 1.91. The van der Waals surface area contributed by atoms with Crippen LogP contribution in [0.15, 0.2) is 29.4 Å². The fraction of sp³-hybridized carbons (Fsp3) is 0.333. The Kier molecular flexibility index (Phi) is 3.74. The predicted molar refractivity (Wildman–Crippen MR) is 75.0 cm³/mol. The molecule has 0 aliphatic carbocycles. The zero-order chi connectivity index (χ0) is 13.2. The number of aliphatic hydroxyl groups is 1. The Morgan fingerprint density at radius 3 is 3.05 bits per heavy atom. The van der Waals surface area contributed by atoms with Gasteiger partial charge in [0.1, 0.15) is 0 Å². The average Bonchev–Trinajstić information content (AvgIpc) is 2.82. The first-order valence-electron chi connectivity index (χ1n) is 5.93. The van der Waals surface area contributed by atoms with Crippen LogP contribution in [0.2, 0.25) is 5.02 Å². The fourth-order valence-corrected chi connectivity index (χ4v) is 3.13. The van der Waals surface area contributed by atoms with Crippen molar-refractivity contribution in [3.05, 3.63) is 29.3 Å². The van der Waals surface area contributed by atoms with Gasteiger partial charge in [-0.25, -0.2) is 0 Å². The normalized spacial score (nSPS) is 15.5. The molecule has 100 valence electrons. The molecular formula is C12H13ClN4OS. The summed E-state index contributed by atoms with van der Waals surface area (Å²) in [7, 11) is 0. The second-order valence-corrected chi connectivity index (χ2v) is 5.63. The molecule has 2 aromatic rings. The number of rotatable bonds is 3. The molecule has 0 unspecified atom stereocenters. The summed E-state index contributed by atoms with van der Waals surface area (Å²) in [6.07, 6.45) is 0. The summed E-state index contributed by atoms with van der Waals surface area (Å²) in [5.41, 5.74) is 0.956. The number of nitrogens with zero attached hydrogens (tertiary/aromatic N) is 4. The van der Waals surface area contributed by atoms with Crippen LogP contribution in [0.5, 0.6) is 0 Å². The van der Waals surface area contributed by atoms with Gasteiger partial charge in [-0.05, 0) is 12.1 Å². The Labute approximate surface area is 120 Å². The zero-order valence-electron chi connectivity index (χ0n) is 10.2. The number of thioether (sulfide) groups is 1. The SMILES string of the molecule is OCCN1CSc2nnc(-c3cccc(Cl)c3)n2C1. The highest BCUT2D eigenvalue weighted by molar-refractivity contribution is 7.99. The van der Waals surface area contributed by atoms with E-state index in [1.165, 1.54) is 0 Å². The van der Waals surface area contributed by atoms with Crippen LogP contribution in [0, 0.1) is 0 Å². The van der Waals surface area contributed by atoms with E-state index in [1.54, 1.807) is 11.8 Å². The number of aliphatic hydroxyl groups excluding tert-OH is 1. The smallest absolute Gasteiger partial charge is 0.193 e. The highest BCUT2D eigenvalue weighted by atomic mass is 35.5. The van der Waals surface area contributed by atoms with Crippen molar-refractivity contribution in [1.29, 1.82) is 0 Å². The molecule has 0 saturated heterocycles. The molecule has 1 aliphatic rings. The van der Waals surface area contributed by atoms with E-state index in [1.807, 2.05) is 24.3 Å². The lowest BCUT2D eigenvalue weighted by Crippen LogP contribution is -2.32. The third-order valence-electron chi connectivity index (χ3n) is 2.93. The first-order chi connectivity index (χ1) is 9.28. The van der Waals surface area contributed by atoms with Crippen molar-refractivity contribution < 1.29 is 5.11 Å². The summed E-state index contributed by atoms with van der Waals surface area (Å²) in [6.45, 7) is 1.50. The van der Waals surface area contributed by atoms with Crippen molar-refractivity contribution in [2.45, 2.75) is 11.8 Å². The quantitative estimate of drug-likeness (QED) is 0.938. The molecule has 0 fully saturated rings. The van der Waals surface area contributed by atoms with E-state index in [-0.39, 0.29) is 6.61 Å². The van der Waals surface area contributed by atoms with Crippen LogP contribution < -0.4 is 0 Å². The number of hydrogen-bond acceptors (Lipinski definition) is 5. The van der Waals surface area contributed by atoms with E-state index >= 15 is 0 Å². The summed E-state index contributed by atoms with van der Waals surface area (Å²) in [5.74, 6) is 1.64. The minimum atomic E-state index is 0.157. The van der Waals surface area contributed by atoms with Crippen LogP contribution in [0.25, 0.3) is 11.4 Å². The van der Waals surface area contributed by atoms with Crippen LogP contribution in [0.1, 0.15) is 0 Å². The van der Waals surface area contributed by atoms with Gasteiger partial charge in [0.15, 0.2) is 11.0 Å². The number of β-amino-alcohol motifs (C(OH)–C–C–N with tert-alkyl or cyclic N) is 1. The highest BCUT2D eigenvalue weighted by Crippen LogP contribution is 2.29. The van der Waals surface area contributed by atoms with Gasteiger partial charge in [-0.3, -0.25) is 9.47 Å². The van der Waals surface area contributed by atoms with Crippen molar-refractivity contribution in [2.75, 3.05) is 19.0 Å². The van der Waals surface area contributed by atoms with E-state index in [2.05, 4.69) is 19.7 Å². The highest BCUT2D eigenvalue weighted by Gasteiger charge is 2.21. The van der Waals surface area contributed by atoms with Gasteiger partial charge in [-0.15, -0.1) is 10.2 Å². The monoisotopic (exact) mass is 296 g/mol. The van der Waals surface area contributed by atoms with Gasteiger partial charge in [0.25, 0.3) is 0 Å². The van der Waals surface area contributed by atoms with E-state index < -0.39 is 0 Å². The van der Waals surface area contributed by atoms with Gasteiger partial charge in [0, 0.05) is 17.1 Å². The maximum atomic E-state index is 9.03. The minimum Gasteiger partial charge on any atom is -0.395 e. The van der Waals surface area contributed by atoms with Gasteiger partial charge in [-0.2, -0.15) is 0 Å². The molecule has 1 aliphatic heterocycles. The molecule has 0 radical (unpaired) electrons. The second-order valence-electron chi connectivity index (χ2n) is 4.28. The molecule has 3 rings (SSSR count). The molecule has 0 saturated carbocycles. The largest absolute Gasteiger partial charge is 0.395 e. The van der Waals surface area contributed by atoms with Crippen molar-refractivity contribution in [1.82, 2.24) is 19.7 Å². The van der Waals surface area contributed by atoms with Crippen molar-refractivity contribution in [2.24, 2.45) is 0 Å². The molecule has 0 amide bonds. The van der Waals surface area contributed by atoms with Crippen LogP contribution in [-0.2, 0) is 6.67 Å². The number of benzene rings is 1. The molecule has 0 bridgehead atoms. The molecule has 1 aromatic carbocycles. The van der Waals surface area contributed by atoms with Crippen LogP contribution in [0.3, 0.4) is 0 Å². The lowest BCUT2D eigenvalue weighted by atomic mass is 10.2. The Bertz CT molecular complexity index is 589. The lowest BCUT2D eigenvalue weighted by Gasteiger charge is -2.26. The number of halogens is 1. The van der Waals surface area contributed by atoms with Crippen LogP contribution >= 0.6 is 23.4 Å². The topological polar surface area (TPSA) is 54.2 Å². The van der Waals surface area contributed by atoms with Gasteiger partial charge in [0.2, 0.25) is 0 Å². The first kappa shape index (κ1) is 12.9. The maximum absolute atomic E-state index is 9.03. The van der Waals surface area contributed by atoms with E-state index in [0.717, 1.165) is 22.4 Å². The van der Waals surface area contributed by atoms with Gasteiger partial charge in [-0.1, -0.05) is 35.5 Å². The van der Waals surface area contributed by atoms with Gasteiger partial charge >= 0.3 is 0 Å². The zero-order valence-corrected chi connectivity index (χ0v) is 11.7.